The van der Waals surface area contributed by atoms with Gasteiger partial charge in [-0.05, 0) is 51.8 Å². The van der Waals surface area contributed by atoms with Crippen LogP contribution in [0.3, 0.4) is 0 Å². The summed E-state index contributed by atoms with van der Waals surface area (Å²) in [5, 5.41) is 3.38. The quantitative estimate of drug-likeness (QED) is 0.910. The molecule has 3 nitrogen and oxygen atoms in total. The van der Waals surface area contributed by atoms with Crippen molar-refractivity contribution in [1.82, 2.24) is 15.3 Å². The molecule has 1 saturated heterocycles. The molecule has 0 radical (unpaired) electrons. The number of hydrogen-bond donors (Lipinski definition) is 1. The summed E-state index contributed by atoms with van der Waals surface area (Å²) in [6.07, 6.45) is 3.37. The molecule has 18 heavy (non-hydrogen) atoms. The van der Waals surface area contributed by atoms with Gasteiger partial charge in [-0.1, -0.05) is 6.92 Å². The average Bonchev–Trinajstić information content (AvgIpc) is 2.30. The van der Waals surface area contributed by atoms with E-state index >= 15 is 0 Å². The van der Waals surface area contributed by atoms with Crippen molar-refractivity contribution in [3.8, 4) is 0 Å². The third-order valence-electron chi connectivity index (χ3n) is 3.50. The first-order valence-corrected chi connectivity index (χ1v) is 6.27. The fourth-order valence-corrected chi connectivity index (χ4v) is 2.54. The van der Waals surface area contributed by atoms with E-state index in [4.69, 9.17) is 0 Å². The summed E-state index contributed by atoms with van der Waals surface area (Å²) >= 11 is 0. The van der Waals surface area contributed by atoms with E-state index in [2.05, 4.69) is 36.1 Å². The lowest BCUT2D eigenvalue weighted by molar-refractivity contribution is 0.443. The van der Waals surface area contributed by atoms with E-state index in [0.717, 1.165) is 25.3 Å². The van der Waals surface area contributed by atoms with Crippen LogP contribution < -0.4 is 5.32 Å². The molecule has 0 amide bonds. The zero-order valence-electron chi connectivity index (χ0n) is 11.3. The van der Waals surface area contributed by atoms with Gasteiger partial charge in [-0.15, -0.1) is 24.8 Å². The first-order chi connectivity index (χ1) is 7.72. The molecule has 0 atom stereocenters. The van der Waals surface area contributed by atoms with Crippen LogP contribution in [0.1, 0.15) is 48.5 Å². The Morgan fingerprint density at radius 3 is 2.00 bits per heavy atom. The van der Waals surface area contributed by atoms with Gasteiger partial charge in [0.15, 0.2) is 0 Å². The Balaban J connectivity index is 0.00000144. The molecule has 1 aliphatic rings. The van der Waals surface area contributed by atoms with Gasteiger partial charge in [-0.25, -0.2) is 9.97 Å². The van der Waals surface area contributed by atoms with Gasteiger partial charge in [0.05, 0.1) is 0 Å². The molecule has 1 N–H and O–H groups in total. The molecule has 0 spiro atoms. The fraction of sp³-hybridized carbons (Fsp3) is 0.692. The number of piperidine rings is 1. The molecule has 104 valence electrons. The van der Waals surface area contributed by atoms with Crippen molar-refractivity contribution in [3.63, 3.8) is 0 Å². The summed E-state index contributed by atoms with van der Waals surface area (Å²) in [5.41, 5.74) is 3.66. The smallest absolute Gasteiger partial charge is 0.132 e. The molecule has 1 fully saturated rings. The highest BCUT2D eigenvalue weighted by molar-refractivity contribution is 5.85. The number of halogens is 2. The SMILES string of the molecule is CCc1c(C)nc(C2CCNCC2)nc1C.Cl.Cl. The van der Waals surface area contributed by atoms with Gasteiger partial charge < -0.3 is 5.32 Å². The normalized spacial score (nSPS) is 15.7. The molecule has 0 unspecified atom stereocenters. The van der Waals surface area contributed by atoms with Crippen LogP contribution in [-0.2, 0) is 6.42 Å². The second-order valence-corrected chi connectivity index (χ2v) is 4.61. The summed E-state index contributed by atoms with van der Waals surface area (Å²) in [5.74, 6) is 1.62. The van der Waals surface area contributed by atoms with Gasteiger partial charge in [-0.3, -0.25) is 0 Å². The Morgan fingerprint density at radius 1 is 1.06 bits per heavy atom. The Labute approximate surface area is 122 Å². The van der Waals surface area contributed by atoms with Gasteiger partial charge in [0.2, 0.25) is 0 Å². The minimum Gasteiger partial charge on any atom is -0.317 e. The zero-order valence-corrected chi connectivity index (χ0v) is 13.0. The zero-order chi connectivity index (χ0) is 11.5. The molecule has 1 aromatic rings. The molecule has 5 heteroatoms. The molecule has 0 aromatic carbocycles. The Kier molecular flexibility index (Phi) is 7.76. The van der Waals surface area contributed by atoms with Crippen LogP contribution in [-0.4, -0.2) is 23.1 Å². The summed E-state index contributed by atoms with van der Waals surface area (Å²) in [4.78, 5) is 9.38. The highest BCUT2D eigenvalue weighted by atomic mass is 35.5. The predicted octanol–water partition coefficient (Wildman–Crippen LogP) is 2.97. The van der Waals surface area contributed by atoms with Crippen molar-refractivity contribution in [3.05, 3.63) is 22.8 Å². The standard InChI is InChI=1S/C13H21N3.2ClH/c1-4-12-9(2)15-13(16-10(12)3)11-5-7-14-8-6-11;;/h11,14H,4-8H2,1-3H3;2*1H. The molecule has 2 rings (SSSR count). The Morgan fingerprint density at radius 2 is 1.56 bits per heavy atom. The highest BCUT2D eigenvalue weighted by Gasteiger charge is 2.19. The summed E-state index contributed by atoms with van der Waals surface area (Å²) in [7, 11) is 0. The molecule has 0 bridgehead atoms. The van der Waals surface area contributed by atoms with Gasteiger partial charge in [-0.2, -0.15) is 0 Å². The van der Waals surface area contributed by atoms with Gasteiger partial charge in [0.25, 0.3) is 0 Å². The number of nitrogens with zero attached hydrogens (tertiary/aromatic N) is 2. The van der Waals surface area contributed by atoms with Crippen LogP contribution in [0.25, 0.3) is 0 Å². The first-order valence-electron chi connectivity index (χ1n) is 6.27. The molecule has 1 aromatic heterocycles. The lowest BCUT2D eigenvalue weighted by Crippen LogP contribution is -2.27. The van der Waals surface area contributed by atoms with Crippen molar-refractivity contribution in [1.29, 1.82) is 0 Å². The van der Waals surface area contributed by atoms with Crippen LogP contribution in [0, 0.1) is 13.8 Å². The molecule has 1 aliphatic heterocycles. The number of aromatic nitrogens is 2. The Hall–Kier alpha value is -0.380. The molecule has 0 aliphatic carbocycles. The van der Waals surface area contributed by atoms with Crippen molar-refractivity contribution in [2.75, 3.05) is 13.1 Å². The minimum absolute atomic E-state index is 0. The monoisotopic (exact) mass is 291 g/mol. The maximum Gasteiger partial charge on any atom is 0.132 e. The summed E-state index contributed by atoms with van der Waals surface area (Å²) in [6, 6.07) is 0. The topological polar surface area (TPSA) is 37.8 Å². The van der Waals surface area contributed by atoms with E-state index < -0.39 is 0 Å². The van der Waals surface area contributed by atoms with Crippen LogP contribution in [0.5, 0.6) is 0 Å². The largest absolute Gasteiger partial charge is 0.317 e. The van der Waals surface area contributed by atoms with E-state index in [1.807, 2.05) is 0 Å². The lowest BCUT2D eigenvalue weighted by Gasteiger charge is -2.22. The van der Waals surface area contributed by atoms with E-state index in [1.165, 1.54) is 29.8 Å². The third kappa shape index (κ3) is 3.81. The first kappa shape index (κ1) is 17.6. The van der Waals surface area contributed by atoms with Crippen molar-refractivity contribution >= 4 is 24.8 Å². The Bertz CT molecular complexity index is 353. The number of nitrogens with one attached hydrogen (secondary N) is 1. The van der Waals surface area contributed by atoms with Gasteiger partial charge in [0.1, 0.15) is 5.82 Å². The van der Waals surface area contributed by atoms with Crippen LogP contribution >= 0.6 is 24.8 Å². The van der Waals surface area contributed by atoms with Crippen molar-refractivity contribution in [2.45, 2.75) is 46.0 Å². The number of hydrogen-bond acceptors (Lipinski definition) is 3. The lowest BCUT2D eigenvalue weighted by atomic mass is 9.96. The third-order valence-corrected chi connectivity index (χ3v) is 3.50. The fourth-order valence-electron chi connectivity index (χ4n) is 2.54. The summed E-state index contributed by atoms with van der Waals surface area (Å²) in [6.45, 7) is 8.59. The van der Waals surface area contributed by atoms with Crippen LogP contribution in [0.4, 0.5) is 0 Å². The van der Waals surface area contributed by atoms with E-state index in [9.17, 15) is 0 Å². The average molecular weight is 292 g/mol. The van der Waals surface area contributed by atoms with Crippen molar-refractivity contribution in [2.24, 2.45) is 0 Å². The van der Waals surface area contributed by atoms with Gasteiger partial charge >= 0.3 is 0 Å². The van der Waals surface area contributed by atoms with Crippen LogP contribution in [0.15, 0.2) is 0 Å². The second-order valence-electron chi connectivity index (χ2n) is 4.61. The molecule has 2 heterocycles. The predicted molar refractivity (Wildman–Crippen MR) is 80.2 cm³/mol. The van der Waals surface area contributed by atoms with E-state index in [-0.39, 0.29) is 24.8 Å². The van der Waals surface area contributed by atoms with Crippen molar-refractivity contribution < 1.29 is 0 Å². The van der Waals surface area contributed by atoms with E-state index in [0.29, 0.717) is 5.92 Å². The summed E-state index contributed by atoms with van der Waals surface area (Å²) < 4.78 is 0. The number of aryl methyl sites for hydroxylation is 2. The number of rotatable bonds is 2. The van der Waals surface area contributed by atoms with Crippen LogP contribution in [0.2, 0.25) is 0 Å². The second kappa shape index (κ2) is 7.93. The van der Waals surface area contributed by atoms with Gasteiger partial charge in [0, 0.05) is 17.3 Å². The molecular formula is C13H23Cl2N3. The highest BCUT2D eigenvalue weighted by Crippen LogP contribution is 2.23. The molecule has 0 saturated carbocycles. The minimum atomic E-state index is 0. The van der Waals surface area contributed by atoms with E-state index in [1.54, 1.807) is 0 Å². The maximum absolute atomic E-state index is 4.69. The molecular weight excluding hydrogens is 269 g/mol. The maximum atomic E-state index is 4.69.